The van der Waals surface area contributed by atoms with Crippen LogP contribution in [0.3, 0.4) is 0 Å². The highest BCUT2D eigenvalue weighted by Gasteiger charge is 2.23. The fourth-order valence-corrected chi connectivity index (χ4v) is 1.45. The van der Waals surface area contributed by atoms with Crippen molar-refractivity contribution in [1.82, 2.24) is 14.7 Å². The number of aromatic nitrogens is 2. The molecule has 0 aromatic carbocycles. The van der Waals surface area contributed by atoms with Crippen LogP contribution < -0.4 is 0 Å². The van der Waals surface area contributed by atoms with E-state index < -0.39 is 0 Å². The van der Waals surface area contributed by atoms with Gasteiger partial charge in [0.2, 0.25) is 5.91 Å². The van der Waals surface area contributed by atoms with Gasteiger partial charge in [-0.15, -0.1) is 0 Å². The summed E-state index contributed by atoms with van der Waals surface area (Å²) < 4.78 is 1.59. The zero-order chi connectivity index (χ0) is 12.1. The van der Waals surface area contributed by atoms with Crippen LogP contribution in [0.5, 0.6) is 0 Å². The molecule has 1 heterocycles. The van der Waals surface area contributed by atoms with E-state index in [4.69, 9.17) is 5.26 Å². The van der Waals surface area contributed by atoms with Gasteiger partial charge in [-0.05, 0) is 26.8 Å². The molecule has 0 aliphatic carbocycles. The van der Waals surface area contributed by atoms with Crippen molar-refractivity contribution in [3.8, 4) is 6.07 Å². The fraction of sp³-hybridized carbons (Fsp3) is 0.545. The van der Waals surface area contributed by atoms with Gasteiger partial charge in [0.15, 0.2) is 0 Å². The van der Waals surface area contributed by atoms with Gasteiger partial charge in [-0.3, -0.25) is 9.48 Å². The van der Waals surface area contributed by atoms with Gasteiger partial charge < -0.3 is 4.90 Å². The van der Waals surface area contributed by atoms with E-state index in [1.54, 1.807) is 35.0 Å². The van der Waals surface area contributed by atoms with Gasteiger partial charge in [0, 0.05) is 18.4 Å². The van der Waals surface area contributed by atoms with Crippen LogP contribution in [0, 0.1) is 11.3 Å². The van der Waals surface area contributed by atoms with E-state index in [-0.39, 0.29) is 24.5 Å². The van der Waals surface area contributed by atoms with E-state index in [0.29, 0.717) is 0 Å². The largest absolute Gasteiger partial charge is 0.325 e. The summed E-state index contributed by atoms with van der Waals surface area (Å²) in [5.74, 6) is -0.0831. The molecule has 1 rings (SSSR count). The Labute approximate surface area is 95.3 Å². The van der Waals surface area contributed by atoms with Gasteiger partial charge in [0.1, 0.15) is 12.6 Å². The summed E-state index contributed by atoms with van der Waals surface area (Å²) in [6.45, 7) is 5.68. The summed E-state index contributed by atoms with van der Waals surface area (Å²) in [5.41, 5.74) is 0. The van der Waals surface area contributed by atoms with Crippen molar-refractivity contribution in [3.05, 3.63) is 18.5 Å². The molecule has 5 nitrogen and oxygen atoms in total. The molecule has 0 N–H and O–H groups in total. The molecule has 1 unspecified atom stereocenters. The van der Waals surface area contributed by atoms with Crippen LogP contribution in [0.25, 0.3) is 0 Å². The Morgan fingerprint density at radius 2 is 2.25 bits per heavy atom. The van der Waals surface area contributed by atoms with Crippen molar-refractivity contribution in [3.63, 3.8) is 0 Å². The molecule has 1 aromatic rings. The van der Waals surface area contributed by atoms with Gasteiger partial charge in [0.25, 0.3) is 0 Å². The number of nitriles is 1. The van der Waals surface area contributed by atoms with Crippen LogP contribution >= 0.6 is 0 Å². The van der Waals surface area contributed by atoms with Crippen molar-refractivity contribution in [2.45, 2.75) is 32.9 Å². The average Bonchev–Trinajstić information content (AvgIpc) is 2.76. The summed E-state index contributed by atoms with van der Waals surface area (Å²) in [7, 11) is 0. The average molecular weight is 220 g/mol. The van der Waals surface area contributed by atoms with Crippen LogP contribution in [0.1, 0.15) is 26.8 Å². The lowest BCUT2D eigenvalue weighted by Crippen LogP contribution is -2.41. The minimum atomic E-state index is -0.370. The van der Waals surface area contributed by atoms with Crippen molar-refractivity contribution in [1.29, 1.82) is 5.26 Å². The van der Waals surface area contributed by atoms with E-state index in [2.05, 4.69) is 5.10 Å². The summed E-state index contributed by atoms with van der Waals surface area (Å²) in [5, 5.41) is 12.7. The predicted octanol–water partition coefficient (Wildman–Crippen LogP) is 1.20. The molecule has 0 bridgehead atoms. The highest BCUT2D eigenvalue weighted by Crippen LogP contribution is 2.10. The Balaban J connectivity index is 2.79. The summed E-state index contributed by atoms with van der Waals surface area (Å²) in [4.78, 5) is 13.6. The van der Waals surface area contributed by atoms with Crippen molar-refractivity contribution >= 4 is 5.91 Å². The zero-order valence-corrected chi connectivity index (χ0v) is 9.79. The van der Waals surface area contributed by atoms with E-state index in [1.165, 1.54) is 0 Å². The molecule has 0 radical (unpaired) electrons. The lowest BCUT2D eigenvalue weighted by molar-refractivity contribution is -0.135. The van der Waals surface area contributed by atoms with Crippen molar-refractivity contribution < 1.29 is 4.79 Å². The third-order valence-corrected chi connectivity index (χ3v) is 2.43. The van der Waals surface area contributed by atoms with Crippen LogP contribution in [-0.2, 0) is 4.79 Å². The predicted molar refractivity (Wildman–Crippen MR) is 59.4 cm³/mol. The first kappa shape index (κ1) is 12.2. The molecule has 86 valence electrons. The monoisotopic (exact) mass is 220 g/mol. The number of rotatable bonds is 4. The number of carbonyl (C=O) groups excluding carboxylic acids is 1. The van der Waals surface area contributed by atoms with Gasteiger partial charge in [-0.25, -0.2) is 0 Å². The van der Waals surface area contributed by atoms with Crippen LogP contribution in [0.4, 0.5) is 0 Å². The molecule has 0 spiro atoms. The number of hydrogen-bond donors (Lipinski definition) is 0. The first-order valence-corrected chi connectivity index (χ1v) is 5.24. The highest BCUT2D eigenvalue weighted by atomic mass is 16.2. The van der Waals surface area contributed by atoms with Crippen molar-refractivity contribution in [2.24, 2.45) is 0 Å². The first-order chi connectivity index (χ1) is 7.57. The second-order valence-electron chi connectivity index (χ2n) is 3.88. The van der Waals surface area contributed by atoms with Crippen molar-refractivity contribution in [2.75, 3.05) is 6.54 Å². The van der Waals surface area contributed by atoms with Gasteiger partial charge in [-0.1, -0.05) is 0 Å². The Hall–Kier alpha value is -1.83. The smallest absolute Gasteiger partial charge is 0.248 e. The number of carbonyl (C=O) groups is 1. The lowest BCUT2D eigenvalue weighted by Gasteiger charge is -2.26. The Morgan fingerprint density at radius 1 is 1.56 bits per heavy atom. The minimum absolute atomic E-state index is 0.0187. The van der Waals surface area contributed by atoms with E-state index >= 15 is 0 Å². The van der Waals surface area contributed by atoms with E-state index in [0.717, 1.165) is 0 Å². The molecule has 0 aliphatic heterocycles. The van der Waals surface area contributed by atoms with Crippen LogP contribution in [0.2, 0.25) is 0 Å². The molecule has 0 fully saturated rings. The lowest BCUT2D eigenvalue weighted by atomic mass is 10.2. The quantitative estimate of drug-likeness (QED) is 0.716. The maximum absolute atomic E-state index is 12.1. The molecule has 1 atom stereocenters. The normalized spacial score (nSPS) is 12.2. The third kappa shape index (κ3) is 2.60. The third-order valence-electron chi connectivity index (χ3n) is 2.43. The molecule has 0 saturated heterocycles. The Morgan fingerprint density at radius 3 is 2.69 bits per heavy atom. The second-order valence-corrected chi connectivity index (χ2v) is 3.88. The van der Waals surface area contributed by atoms with Crippen LogP contribution in [0.15, 0.2) is 18.5 Å². The summed E-state index contributed by atoms with van der Waals surface area (Å²) in [6.07, 6.45) is 3.38. The van der Waals surface area contributed by atoms with E-state index in [9.17, 15) is 4.79 Å². The first-order valence-electron chi connectivity index (χ1n) is 5.24. The maximum atomic E-state index is 12.1. The summed E-state index contributed by atoms with van der Waals surface area (Å²) in [6, 6.07) is 3.43. The minimum Gasteiger partial charge on any atom is -0.325 e. The molecule has 16 heavy (non-hydrogen) atoms. The highest BCUT2D eigenvalue weighted by molar-refractivity contribution is 5.80. The molecule has 1 aromatic heterocycles. The van der Waals surface area contributed by atoms with Gasteiger partial charge in [-0.2, -0.15) is 10.4 Å². The molecule has 0 aliphatic rings. The zero-order valence-electron chi connectivity index (χ0n) is 9.79. The number of hydrogen-bond acceptors (Lipinski definition) is 3. The SMILES string of the molecule is CC(C)N(CC#N)C(=O)C(C)n1cccn1. The molecular formula is C11H16N4O. The second kappa shape index (κ2) is 5.31. The van der Waals surface area contributed by atoms with Crippen LogP contribution in [-0.4, -0.2) is 33.2 Å². The summed E-state index contributed by atoms with van der Waals surface area (Å²) >= 11 is 0. The van der Waals surface area contributed by atoms with Gasteiger partial charge in [0.05, 0.1) is 6.07 Å². The number of amides is 1. The number of nitrogens with zero attached hydrogens (tertiary/aromatic N) is 4. The molecule has 0 saturated carbocycles. The Bertz CT molecular complexity index is 377. The topological polar surface area (TPSA) is 61.9 Å². The molecule has 1 amide bonds. The fourth-order valence-electron chi connectivity index (χ4n) is 1.45. The molecule has 5 heteroatoms. The Kier molecular flexibility index (Phi) is 4.06. The standard InChI is InChI=1S/C11H16N4O/c1-9(2)14(8-5-12)11(16)10(3)15-7-4-6-13-15/h4,6-7,9-10H,8H2,1-3H3. The molecular weight excluding hydrogens is 204 g/mol. The maximum Gasteiger partial charge on any atom is 0.248 e. The van der Waals surface area contributed by atoms with E-state index in [1.807, 2.05) is 19.9 Å². The van der Waals surface area contributed by atoms with Gasteiger partial charge >= 0.3 is 0 Å².